The van der Waals surface area contributed by atoms with E-state index < -0.39 is 0 Å². The Balaban J connectivity index is 2.39. The summed E-state index contributed by atoms with van der Waals surface area (Å²) in [5, 5.41) is 2.92. The molecule has 0 heterocycles. The van der Waals surface area contributed by atoms with Gasteiger partial charge in [-0.1, -0.05) is 59.8 Å². The molecule has 1 rings (SSSR count). The third kappa shape index (κ3) is 8.05. The summed E-state index contributed by atoms with van der Waals surface area (Å²) in [7, 11) is 0. The standard InChI is InChI=1S/C19H37NO3/c1-5-10-17(6-2)13-20-18(21)22-15-19(23-14-16(3)4)11-8-7-9-12-19/h16-17H,5-15H2,1-4H3,(H,20,21). The van der Waals surface area contributed by atoms with E-state index in [4.69, 9.17) is 9.47 Å². The Bertz CT molecular complexity index is 325. The van der Waals surface area contributed by atoms with Gasteiger partial charge >= 0.3 is 6.09 Å². The van der Waals surface area contributed by atoms with Crippen LogP contribution in [0.25, 0.3) is 0 Å². The summed E-state index contributed by atoms with van der Waals surface area (Å²) in [4.78, 5) is 12.0. The van der Waals surface area contributed by atoms with E-state index >= 15 is 0 Å². The van der Waals surface area contributed by atoms with Gasteiger partial charge in [-0.25, -0.2) is 4.79 Å². The summed E-state index contributed by atoms with van der Waals surface area (Å²) in [6.07, 6.45) is 8.69. The van der Waals surface area contributed by atoms with Crippen molar-refractivity contribution < 1.29 is 14.3 Å². The van der Waals surface area contributed by atoms with E-state index in [2.05, 4.69) is 33.0 Å². The molecule has 4 nitrogen and oxygen atoms in total. The van der Waals surface area contributed by atoms with Crippen molar-refractivity contribution in [1.29, 1.82) is 0 Å². The second-order valence-corrected chi connectivity index (χ2v) is 7.47. The fourth-order valence-electron chi connectivity index (χ4n) is 3.20. The second kappa shape index (κ2) is 10.9. The van der Waals surface area contributed by atoms with Crippen LogP contribution in [0.4, 0.5) is 4.79 Å². The largest absolute Gasteiger partial charge is 0.446 e. The van der Waals surface area contributed by atoms with Crippen molar-refractivity contribution in [3.8, 4) is 0 Å². The topological polar surface area (TPSA) is 47.6 Å². The van der Waals surface area contributed by atoms with Crippen LogP contribution in [0, 0.1) is 11.8 Å². The zero-order valence-electron chi connectivity index (χ0n) is 15.7. The SMILES string of the molecule is CCCC(CC)CNC(=O)OCC1(OCC(C)C)CCCCC1. The number of carbonyl (C=O) groups is 1. The Morgan fingerprint density at radius 3 is 2.43 bits per heavy atom. The molecule has 0 aromatic heterocycles. The number of nitrogens with one attached hydrogen (secondary N) is 1. The van der Waals surface area contributed by atoms with Gasteiger partial charge in [0.25, 0.3) is 0 Å². The van der Waals surface area contributed by atoms with Crippen molar-refractivity contribution in [2.75, 3.05) is 19.8 Å². The van der Waals surface area contributed by atoms with Gasteiger partial charge in [0.2, 0.25) is 0 Å². The average molecular weight is 328 g/mol. The van der Waals surface area contributed by atoms with E-state index in [0.717, 1.165) is 51.6 Å². The first-order valence-corrected chi connectivity index (χ1v) is 9.56. The van der Waals surface area contributed by atoms with Gasteiger partial charge in [-0.2, -0.15) is 0 Å². The van der Waals surface area contributed by atoms with Gasteiger partial charge < -0.3 is 14.8 Å². The molecule has 1 saturated carbocycles. The van der Waals surface area contributed by atoms with Crippen LogP contribution in [0.3, 0.4) is 0 Å². The number of amides is 1. The maximum absolute atomic E-state index is 12.0. The van der Waals surface area contributed by atoms with Crippen LogP contribution < -0.4 is 5.32 Å². The Kier molecular flexibility index (Phi) is 9.61. The number of hydrogen-bond acceptors (Lipinski definition) is 3. The zero-order valence-corrected chi connectivity index (χ0v) is 15.7. The fourth-order valence-corrected chi connectivity index (χ4v) is 3.20. The van der Waals surface area contributed by atoms with Crippen LogP contribution in [0.5, 0.6) is 0 Å². The molecule has 23 heavy (non-hydrogen) atoms. The molecule has 0 aliphatic heterocycles. The number of rotatable bonds is 10. The summed E-state index contributed by atoms with van der Waals surface area (Å²) in [6, 6.07) is 0. The maximum atomic E-state index is 12.0. The lowest BCUT2D eigenvalue weighted by molar-refractivity contribution is -0.110. The quantitative estimate of drug-likeness (QED) is 0.620. The minimum atomic E-state index is -0.294. The van der Waals surface area contributed by atoms with Crippen LogP contribution in [0.2, 0.25) is 0 Å². The zero-order chi connectivity index (χ0) is 17.1. The van der Waals surface area contributed by atoms with E-state index in [1.54, 1.807) is 0 Å². The molecule has 1 aliphatic carbocycles. The van der Waals surface area contributed by atoms with Crippen molar-refractivity contribution in [3.63, 3.8) is 0 Å². The molecule has 1 amide bonds. The monoisotopic (exact) mass is 327 g/mol. The summed E-state index contributed by atoms with van der Waals surface area (Å²) in [5.41, 5.74) is -0.257. The molecule has 0 radical (unpaired) electrons. The first-order valence-electron chi connectivity index (χ1n) is 9.56. The van der Waals surface area contributed by atoms with Gasteiger partial charge in [-0.15, -0.1) is 0 Å². The molecular formula is C19H37NO3. The van der Waals surface area contributed by atoms with Gasteiger partial charge in [0.05, 0.1) is 0 Å². The minimum Gasteiger partial charge on any atom is -0.446 e. The number of alkyl carbamates (subject to hydrolysis) is 1. The highest BCUT2D eigenvalue weighted by atomic mass is 16.6. The lowest BCUT2D eigenvalue weighted by Gasteiger charge is -2.37. The van der Waals surface area contributed by atoms with E-state index in [1.807, 2.05) is 0 Å². The number of hydrogen-bond donors (Lipinski definition) is 1. The van der Waals surface area contributed by atoms with Crippen LogP contribution in [-0.2, 0) is 9.47 Å². The van der Waals surface area contributed by atoms with E-state index in [0.29, 0.717) is 25.0 Å². The van der Waals surface area contributed by atoms with Gasteiger partial charge in [-0.05, 0) is 31.1 Å². The predicted molar refractivity (Wildman–Crippen MR) is 94.6 cm³/mol. The summed E-state index contributed by atoms with van der Waals surface area (Å²) < 4.78 is 11.7. The van der Waals surface area contributed by atoms with Crippen molar-refractivity contribution in [3.05, 3.63) is 0 Å². The molecule has 136 valence electrons. The molecule has 1 fully saturated rings. The van der Waals surface area contributed by atoms with Gasteiger partial charge in [-0.3, -0.25) is 0 Å². The maximum Gasteiger partial charge on any atom is 0.407 e. The molecule has 0 saturated heterocycles. The lowest BCUT2D eigenvalue weighted by Crippen LogP contribution is -2.43. The molecule has 0 bridgehead atoms. The van der Waals surface area contributed by atoms with Crippen molar-refractivity contribution >= 4 is 6.09 Å². The van der Waals surface area contributed by atoms with E-state index in [9.17, 15) is 4.79 Å². The third-order valence-electron chi connectivity index (χ3n) is 4.76. The predicted octanol–water partition coefficient (Wildman–Crippen LogP) is 4.91. The molecule has 1 unspecified atom stereocenters. The molecule has 0 spiro atoms. The van der Waals surface area contributed by atoms with Crippen LogP contribution in [-0.4, -0.2) is 31.5 Å². The number of carbonyl (C=O) groups excluding carboxylic acids is 1. The first kappa shape index (κ1) is 20.3. The second-order valence-electron chi connectivity index (χ2n) is 7.47. The number of ether oxygens (including phenoxy) is 2. The summed E-state index contributed by atoms with van der Waals surface area (Å²) in [5.74, 6) is 1.05. The van der Waals surface area contributed by atoms with Crippen LogP contribution in [0.15, 0.2) is 0 Å². The van der Waals surface area contributed by atoms with Crippen molar-refractivity contribution in [1.82, 2.24) is 5.32 Å². The molecule has 4 heteroatoms. The molecule has 1 atom stereocenters. The lowest BCUT2D eigenvalue weighted by atomic mass is 9.85. The normalized spacial score (nSPS) is 18.7. The molecule has 1 aliphatic rings. The van der Waals surface area contributed by atoms with E-state index in [1.165, 1.54) is 6.42 Å². The van der Waals surface area contributed by atoms with Gasteiger partial charge in [0, 0.05) is 13.2 Å². The van der Waals surface area contributed by atoms with Crippen molar-refractivity contribution in [2.24, 2.45) is 11.8 Å². The smallest absolute Gasteiger partial charge is 0.407 e. The van der Waals surface area contributed by atoms with Crippen LogP contribution >= 0.6 is 0 Å². The highest BCUT2D eigenvalue weighted by Gasteiger charge is 2.34. The molecule has 0 aromatic carbocycles. The summed E-state index contributed by atoms with van der Waals surface area (Å²) in [6.45, 7) is 10.5. The van der Waals surface area contributed by atoms with Crippen molar-refractivity contribution in [2.45, 2.75) is 84.7 Å². The highest BCUT2D eigenvalue weighted by Crippen LogP contribution is 2.32. The average Bonchev–Trinajstić information content (AvgIpc) is 2.56. The van der Waals surface area contributed by atoms with Gasteiger partial charge in [0.1, 0.15) is 12.2 Å². The Morgan fingerprint density at radius 1 is 1.17 bits per heavy atom. The minimum absolute atomic E-state index is 0.257. The summed E-state index contributed by atoms with van der Waals surface area (Å²) >= 11 is 0. The third-order valence-corrected chi connectivity index (χ3v) is 4.76. The Hall–Kier alpha value is -0.770. The molecular weight excluding hydrogens is 290 g/mol. The Morgan fingerprint density at radius 2 is 1.87 bits per heavy atom. The molecule has 0 aromatic rings. The Labute approximate surface area is 142 Å². The fraction of sp³-hybridized carbons (Fsp3) is 0.947. The first-order chi connectivity index (χ1) is 11.0. The molecule has 1 N–H and O–H groups in total. The highest BCUT2D eigenvalue weighted by molar-refractivity contribution is 5.67. The van der Waals surface area contributed by atoms with E-state index in [-0.39, 0.29) is 11.7 Å². The van der Waals surface area contributed by atoms with Gasteiger partial charge in [0.15, 0.2) is 0 Å². The van der Waals surface area contributed by atoms with Crippen LogP contribution in [0.1, 0.15) is 79.1 Å².